The first kappa shape index (κ1) is 83.9. The van der Waals surface area contributed by atoms with Crippen LogP contribution in [0.25, 0.3) is 182 Å². The van der Waals surface area contributed by atoms with Crippen LogP contribution in [0.3, 0.4) is 0 Å². The van der Waals surface area contributed by atoms with Crippen molar-refractivity contribution in [1.82, 2.24) is 13.7 Å². The number of aromatic nitrogens is 3. The Balaban J connectivity index is 0.000000105. The Kier molecular flexibility index (Phi) is 18.9. The Bertz CT molecular complexity index is 9920. The molecular formula is C135H96N6O3. The van der Waals surface area contributed by atoms with Crippen molar-refractivity contribution in [2.45, 2.75) is 57.8 Å². The Morgan fingerprint density at radius 2 is 0.465 bits per heavy atom. The second kappa shape index (κ2) is 32.5. The van der Waals surface area contributed by atoms with Crippen molar-refractivity contribution in [3.8, 4) is 50.4 Å². The van der Waals surface area contributed by atoms with Gasteiger partial charge in [0.25, 0.3) is 0 Å². The highest BCUT2D eigenvalue weighted by atomic mass is 16.3. The second-order valence-electron chi connectivity index (χ2n) is 40.1. The van der Waals surface area contributed by atoms with E-state index in [4.69, 9.17) is 13.3 Å². The molecule has 3 aliphatic carbocycles. The first-order valence-corrected chi connectivity index (χ1v) is 49.9. The van der Waals surface area contributed by atoms with Gasteiger partial charge in [0.05, 0.1) is 77.7 Å². The van der Waals surface area contributed by atoms with Gasteiger partial charge in [0, 0.05) is 110 Å². The number of rotatable bonds is 12. The molecule has 0 amide bonds. The lowest BCUT2D eigenvalue weighted by molar-refractivity contribution is 0.660. The number of furan rings is 3. The van der Waals surface area contributed by atoms with Crippen molar-refractivity contribution in [2.24, 2.45) is 0 Å². The molecule has 0 bridgehead atoms. The molecule has 0 N–H and O–H groups in total. The molecular weight excluding hydrogens is 1750 g/mol. The van der Waals surface area contributed by atoms with E-state index in [2.05, 4.69) is 525 Å². The fourth-order valence-electron chi connectivity index (χ4n) is 24.7. The number of anilines is 9. The predicted octanol–water partition coefficient (Wildman–Crippen LogP) is 37.4. The summed E-state index contributed by atoms with van der Waals surface area (Å²) in [6.07, 6.45) is 0. The normalized spacial score (nSPS) is 13.4. The summed E-state index contributed by atoms with van der Waals surface area (Å²) in [5, 5.41) is 14.0. The number of hydrogen-bond acceptors (Lipinski definition) is 6. The maximum Gasteiger partial charge on any atom is 0.137 e. The zero-order valence-corrected chi connectivity index (χ0v) is 80.4. The van der Waals surface area contributed by atoms with Crippen LogP contribution in [-0.4, -0.2) is 13.7 Å². The molecule has 30 rings (SSSR count). The van der Waals surface area contributed by atoms with Gasteiger partial charge in [-0.05, 0) is 249 Å². The number of benzene rings is 21. The van der Waals surface area contributed by atoms with Gasteiger partial charge in [-0.15, -0.1) is 0 Å². The second-order valence-corrected chi connectivity index (χ2v) is 40.1. The number of para-hydroxylation sites is 9. The van der Waals surface area contributed by atoms with Gasteiger partial charge in [-0.1, -0.05) is 327 Å². The minimum Gasteiger partial charge on any atom is -0.456 e. The van der Waals surface area contributed by atoms with Crippen molar-refractivity contribution < 1.29 is 13.3 Å². The molecule has 3 aliphatic rings. The van der Waals surface area contributed by atoms with Gasteiger partial charge in [-0.3, -0.25) is 0 Å². The van der Waals surface area contributed by atoms with E-state index in [1.54, 1.807) is 0 Å². The summed E-state index contributed by atoms with van der Waals surface area (Å²) in [5.74, 6) is 0. The maximum absolute atomic E-state index is 6.45. The molecule has 684 valence electrons. The summed E-state index contributed by atoms with van der Waals surface area (Å²) >= 11 is 0. The van der Waals surface area contributed by atoms with Crippen molar-refractivity contribution in [3.63, 3.8) is 0 Å². The van der Waals surface area contributed by atoms with Crippen molar-refractivity contribution >= 4 is 182 Å². The molecule has 144 heavy (non-hydrogen) atoms. The molecule has 6 aromatic heterocycles. The van der Waals surface area contributed by atoms with E-state index < -0.39 is 0 Å². The third-order valence-electron chi connectivity index (χ3n) is 31.1. The van der Waals surface area contributed by atoms with Gasteiger partial charge >= 0.3 is 0 Å². The largest absolute Gasteiger partial charge is 0.456 e. The number of fused-ring (bicyclic) bond motifs is 27. The summed E-state index contributed by atoms with van der Waals surface area (Å²) in [5.41, 5.74) is 41.6. The van der Waals surface area contributed by atoms with E-state index in [9.17, 15) is 0 Å². The lowest BCUT2D eigenvalue weighted by atomic mass is 9.81. The van der Waals surface area contributed by atoms with E-state index in [-0.39, 0.29) is 16.2 Å². The highest BCUT2D eigenvalue weighted by molar-refractivity contribution is 6.20. The van der Waals surface area contributed by atoms with E-state index >= 15 is 0 Å². The summed E-state index contributed by atoms with van der Waals surface area (Å²) < 4.78 is 26.4. The Labute approximate surface area is 833 Å². The van der Waals surface area contributed by atoms with Crippen LogP contribution in [-0.2, 0) is 16.2 Å². The molecule has 0 saturated heterocycles. The number of nitrogens with zero attached hydrogens (tertiary/aromatic N) is 6. The minimum absolute atomic E-state index is 0.0613. The smallest absolute Gasteiger partial charge is 0.137 e. The molecule has 27 aromatic rings. The lowest BCUT2D eigenvalue weighted by Gasteiger charge is -2.32. The Morgan fingerprint density at radius 3 is 0.924 bits per heavy atom. The first-order valence-electron chi connectivity index (χ1n) is 49.9. The molecule has 0 radical (unpaired) electrons. The monoisotopic (exact) mass is 1850 g/mol. The van der Waals surface area contributed by atoms with Crippen LogP contribution in [0, 0.1) is 0 Å². The molecule has 9 heteroatoms. The van der Waals surface area contributed by atoms with Crippen LogP contribution >= 0.6 is 0 Å². The molecule has 21 aromatic carbocycles. The van der Waals surface area contributed by atoms with E-state index in [1.165, 1.54) is 138 Å². The van der Waals surface area contributed by atoms with Gasteiger partial charge < -0.3 is 41.7 Å². The van der Waals surface area contributed by atoms with Crippen LogP contribution in [0.1, 0.15) is 74.9 Å². The first-order chi connectivity index (χ1) is 70.8. The fourth-order valence-corrected chi connectivity index (χ4v) is 24.7. The molecule has 0 saturated carbocycles. The predicted molar refractivity (Wildman–Crippen MR) is 601 cm³/mol. The SMILES string of the molecule is CC1(C)c2ccccc2-c2c(N(c3ccc4c(c3)c3ccccc3n4-c3ccccc3)c3cccc4oc5ccccc5c34)cccc21.CC1(C)c2ccccc2-c2cc(N(c3ccc4c(c3)c3ccccc3n4-c3ccccc3)c3cccc4oc5ccccc5c34)ccc21.CC1(C)c2ccccc2-c2cccc(N(c3ccc4c(c3)c3ccccc3n4-c3ccccc3)c3cccc4oc5ccccc5c34)c21. The van der Waals surface area contributed by atoms with Gasteiger partial charge in [-0.2, -0.15) is 0 Å². The van der Waals surface area contributed by atoms with Gasteiger partial charge in [0.15, 0.2) is 0 Å². The average Bonchev–Trinajstić information content (AvgIpc) is 1.55. The van der Waals surface area contributed by atoms with Crippen molar-refractivity contribution in [3.05, 3.63) is 507 Å². The summed E-state index contributed by atoms with van der Waals surface area (Å²) in [4.78, 5) is 7.37. The van der Waals surface area contributed by atoms with E-state index in [1.807, 2.05) is 18.2 Å². The zero-order chi connectivity index (χ0) is 96.0. The van der Waals surface area contributed by atoms with Gasteiger partial charge in [0.2, 0.25) is 0 Å². The average molecular weight is 1850 g/mol. The Morgan fingerprint density at radius 1 is 0.181 bits per heavy atom. The molecule has 6 heterocycles. The van der Waals surface area contributed by atoms with Gasteiger partial charge in [-0.25, -0.2) is 0 Å². The Hall–Kier alpha value is -18.2. The maximum atomic E-state index is 6.45. The van der Waals surface area contributed by atoms with Crippen LogP contribution in [0.5, 0.6) is 0 Å². The number of hydrogen-bond donors (Lipinski definition) is 0. The van der Waals surface area contributed by atoms with Crippen LogP contribution in [0.2, 0.25) is 0 Å². The molecule has 0 spiro atoms. The molecule has 0 atom stereocenters. The molecule has 0 fully saturated rings. The molecule has 0 unspecified atom stereocenters. The van der Waals surface area contributed by atoms with Crippen LogP contribution in [0.15, 0.2) is 486 Å². The van der Waals surface area contributed by atoms with Gasteiger partial charge in [0.1, 0.15) is 33.5 Å². The van der Waals surface area contributed by atoms with E-state index in [0.29, 0.717) is 0 Å². The lowest BCUT2D eigenvalue weighted by Crippen LogP contribution is -2.20. The highest BCUT2D eigenvalue weighted by Crippen LogP contribution is 2.60. The summed E-state index contributed by atoms with van der Waals surface area (Å²) in [6.45, 7) is 14.1. The summed E-state index contributed by atoms with van der Waals surface area (Å²) in [6, 6.07) is 171. The topological polar surface area (TPSA) is 63.9 Å². The highest BCUT2D eigenvalue weighted by Gasteiger charge is 2.42. The molecule has 9 nitrogen and oxygen atoms in total. The standard InChI is InChI=1S/3C45H32N2O/c1-45(2)35-19-9-6-17-32(35)43-36(45)20-12-22-39(43)47(40-23-13-25-42-44(40)33-18-8-11-24-41(33)48-42)30-26-27-38-34(28-30)31-16-7-10-21-37(31)46(38)29-14-4-3-5-15-29;1-45(2)36-20-9-6-16-31(36)33-19-12-23-40(44(33)45)47(39-22-13-25-42-43(39)34-18-8-11-24-41(34)48-42)30-26-27-38-35(28-30)32-17-7-10-21-37(32)46(38)29-14-4-3-5-15-29;1-45(2)37-18-9-6-15-32(37)35-27-30(23-25-38(35)45)46(41-20-12-22-43-44(41)34-17-8-11-21-42(34)48-43)31-24-26-40-36(28-31)33-16-7-10-19-39(33)47(40)29-13-4-3-5-14-29/h3*3-28H,1-2H3. The zero-order valence-electron chi connectivity index (χ0n) is 80.4. The van der Waals surface area contributed by atoms with E-state index in [0.717, 1.165) is 128 Å². The fraction of sp³-hybridized carbons (Fsp3) is 0.0667. The van der Waals surface area contributed by atoms with Crippen LogP contribution < -0.4 is 14.7 Å². The molecule has 0 aliphatic heterocycles. The minimum atomic E-state index is -0.194. The third kappa shape index (κ3) is 12.7. The van der Waals surface area contributed by atoms with Crippen molar-refractivity contribution in [2.75, 3.05) is 14.7 Å². The summed E-state index contributed by atoms with van der Waals surface area (Å²) in [7, 11) is 0. The van der Waals surface area contributed by atoms with Crippen LogP contribution in [0.4, 0.5) is 51.2 Å². The third-order valence-corrected chi connectivity index (χ3v) is 31.1. The van der Waals surface area contributed by atoms with Crippen molar-refractivity contribution in [1.29, 1.82) is 0 Å². The quantitative estimate of drug-likeness (QED) is 0.121.